The molecule has 0 saturated carbocycles. The SMILES string of the molecule is C1=CC2Oc3c(-c4cccc(-c5c6ccccc6c(-c6cccc(-c7ccc8ccccc8c7)c6)c6ccccc56)c4)cc4c(oc5ccccc54)c3C2C=C1. The predicted octanol–water partition coefficient (Wildman–Crippen LogP) is 14.7. The zero-order valence-corrected chi connectivity index (χ0v) is 30.4. The summed E-state index contributed by atoms with van der Waals surface area (Å²) in [6.45, 7) is 0. The molecule has 0 radical (unpaired) electrons. The summed E-state index contributed by atoms with van der Waals surface area (Å²) in [5.41, 5.74) is 12.5. The molecular formula is C54H34O2. The molecule has 0 amide bonds. The molecule has 262 valence electrons. The van der Waals surface area contributed by atoms with E-state index >= 15 is 0 Å². The standard InChI is InChI=1S/C54H34O2/c1-2-14-34-29-36(28-27-33(34)13-1)35-15-11-17-38(30-35)50-41-20-3-5-22-43(41)51(44-23-6-4-21-42(44)50)39-18-12-16-37(31-39)46-32-47-40-19-7-9-25-48(40)55-54(47)52-45-24-8-10-26-49(45)56-53(46)52/h1-32,45,49H. The maximum atomic E-state index is 6.82. The molecule has 2 heteroatoms. The average Bonchev–Trinajstić information content (AvgIpc) is 3.84. The van der Waals surface area contributed by atoms with Crippen LogP contribution in [0.25, 0.3) is 98.8 Å². The van der Waals surface area contributed by atoms with E-state index in [1.54, 1.807) is 0 Å². The van der Waals surface area contributed by atoms with Gasteiger partial charge in [-0.2, -0.15) is 0 Å². The summed E-state index contributed by atoms with van der Waals surface area (Å²) in [7, 11) is 0. The second-order valence-electron chi connectivity index (χ2n) is 15.1. The molecule has 56 heavy (non-hydrogen) atoms. The van der Waals surface area contributed by atoms with Crippen molar-refractivity contribution >= 4 is 54.3 Å². The highest BCUT2D eigenvalue weighted by atomic mass is 16.5. The molecule has 2 aliphatic rings. The highest BCUT2D eigenvalue weighted by Crippen LogP contribution is 2.53. The molecule has 10 aromatic rings. The minimum absolute atomic E-state index is 0.0593. The Morgan fingerprint density at radius 1 is 0.393 bits per heavy atom. The predicted molar refractivity (Wildman–Crippen MR) is 233 cm³/mol. The van der Waals surface area contributed by atoms with E-state index in [0.717, 1.165) is 44.4 Å². The van der Waals surface area contributed by atoms with Crippen molar-refractivity contribution in [3.8, 4) is 50.3 Å². The van der Waals surface area contributed by atoms with Crippen LogP contribution in [0.15, 0.2) is 199 Å². The van der Waals surface area contributed by atoms with Gasteiger partial charge in [-0.3, -0.25) is 0 Å². The van der Waals surface area contributed by atoms with E-state index in [4.69, 9.17) is 9.15 Å². The molecule has 0 saturated heterocycles. The van der Waals surface area contributed by atoms with Gasteiger partial charge in [0, 0.05) is 21.9 Å². The summed E-state index contributed by atoms with van der Waals surface area (Å²) < 4.78 is 13.4. The molecule has 1 aliphatic carbocycles. The summed E-state index contributed by atoms with van der Waals surface area (Å²) in [6, 6.07) is 61.9. The largest absolute Gasteiger partial charge is 0.484 e. The number of allylic oxidation sites excluding steroid dienone is 2. The molecule has 1 aliphatic heterocycles. The molecule has 0 spiro atoms. The van der Waals surface area contributed by atoms with Crippen molar-refractivity contribution < 1.29 is 9.15 Å². The number of ether oxygens (including phenoxy) is 1. The van der Waals surface area contributed by atoms with Crippen molar-refractivity contribution in [2.24, 2.45) is 0 Å². The van der Waals surface area contributed by atoms with Crippen LogP contribution in [-0.2, 0) is 0 Å². The quantitative estimate of drug-likeness (QED) is 0.169. The molecule has 9 aromatic carbocycles. The number of hydrogen-bond acceptors (Lipinski definition) is 2. The first-order valence-corrected chi connectivity index (χ1v) is 19.4. The topological polar surface area (TPSA) is 22.4 Å². The lowest BCUT2D eigenvalue weighted by atomic mass is 9.84. The number of rotatable bonds is 4. The highest BCUT2D eigenvalue weighted by molar-refractivity contribution is 6.21. The van der Waals surface area contributed by atoms with E-state index in [9.17, 15) is 0 Å². The van der Waals surface area contributed by atoms with Crippen molar-refractivity contribution in [3.05, 3.63) is 200 Å². The monoisotopic (exact) mass is 714 g/mol. The molecule has 2 heterocycles. The van der Waals surface area contributed by atoms with E-state index in [1.807, 2.05) is 6.07 Å². The van der Waals surface area contributed by atoms with E-state index < -0.39 is 0 Å². The molecule has 2 nitrogen and oxygen atoms in total. The lowest BCUT2D eigenvalue weighted by Crippen LogP contribution is -2.15. The van der Waals surface area contributed by atoms with Crippen LogP contribution in [0, 0.1) is 0 Å². The fourth-order valence-electron chi connectivity index (χ4n) is 9.42. The first-order chi connectivity index (χ1) is 27.8. The molecule has 0 N–H and O–H groups in total. The maximum absolute atomic E-state index is 6.82. The molecule has 2 atom stereocenters. The fraction of sp³-hybridized carbons (Fsp3) is 0.0370. The smallest absolute Gasteiger partial charge is 0.143 e. The Morgan fingerprint density at radius 2 is 0.964 bits per heavy atom. The average molecular weight is 715 g/mol. The van der Waals surface area contributed by atoms with E-state index in [-0.39, 0.29) is 12.0 Å². The van der Waals surface area contributed by atoms with Crippen LogP contribution in [-0.4, -0.2) is 6.10 Å². The van der Waals surface area contributed by atoms with Crippen LogP contribution in [0.1, 0.15) is 11.5 Å². The molecule has 1 aromatic heterocycles. The van der Waals surface area contributed by atoms with E-state index in [1.165, 1.54) is 65.7 Å². The highest BCUT2D eigenvalue weighted by Gasteiger charge is 2.37. The lowest BCUT2D eigenvalue weighted by molar-refractivity contribution is 0.270. The minimum Gasteiger partial charge on any atom is -0.484 e. The summed E-state index contributed by atoms with van der Waals surface area (Å²) in [5.74, 6) is 1.01. The van der Waals surface area contributed by atoms with Crippen molar-refractivity contribution in [1.82, 2.24) is 0 Å². The Labute approximate surface area is 324 Å². The van der Waals surface area contributed by atoms with Crippen LogP contribution in [0.5, 0.6) is 5.75 Å². The molecular weight excluding hydrogens is 681 g/mol. The molecule has 2 unspecified atom stereocenters. The van der Waals surface area contributed by atoms with Gasteiger partial charge in [0.25, 0.3) is 0 Å². The van der Waals surface area contributed by atoms with Gasteiger partial charge in [-0.15, -0.1) is 0 Å². The third kappa shape index (κ3) is 4.69. The van der Waals surface area contributed by atoms with Gasteiger partial charge < -0.3 is 9.15 Å². The second-order valence-corrected chi connectivity index (χ2v) is 15.1. The summed E-state index contributed by atoms with van der Waals surface area (Å²) >= 11 is 0. The number of hydrogen-bond donors (Lipinski definition) is 0. The normalized spacial score (nSPS) is 15.9. The zero-order valence-electron chi connectivity index (χ0n) is 30.4. The molecule has 0 bridgehead atoms. The van der Waals surface area contributed by atoms with Gasteiger partial charge >= 0.3 is 0 Å². The van der Waals surface area contributed by atoms with E-state index in [0.29, 0.717) is 0 Å². The third-order valence-electron chi connectivity index (χ3n) is 12.0. The Hall–Kier alpha value is -7.16. The number of furan rings is 1. The second kappa shape index (κ2) is 12.2. The maximum Gasteiger partial charge on any atom is 0.143 e. The zero-order chi connectivity index (χ0) is 36.7. The number of para-hydroxylation sites is 1. The van der Waals surface area contributed by atoms with Crippen LogP contribution < -0.4 is 4.74 Å². The van der Waals surface area contributed by atoms with Gasteiger partial charge in [0.1, 0.15) is 23.0 Å². The summed E-state index contributed by atoms with van der Waals surface area (Å²) in [6.07, 6.45) is 8.57. The fourth-order valence-corrected chi connectivity index (χ4v) is 9.42. The van der Waals surface area contributed by atoms with Crippen molar-refractivity contribution in [3.63, 3.8) is 0 Å². The van der Waals surface area contributed by atoms with Gasteiger partial charge in [0.05, 0.1) is 5.92 Å². The Balaban J connectivity index is 1.06. The minimum atomic E-state index is -0.0593. The van der Waals surface area contributed by atoms with Crippen LogP contribution in [0.3, 0.4) is 0 Å². The van der Waals surface area contributed by atoms with Crippen molar-refractivity contribution in [2.75, 3.05) is 0 Å². The Morgan fingerprint density at radius 3 is 1.70 bits per heavy atom. The molecule has 0 fully saturated rings. The van der Waals surface area contributed by atoms with Gasteiger partial charge in [-0.05, 0) is 108 Å². The van der Waals surface area contributed by atoms with E-state index in [2.05, 4.69) is 188 Å². The van der Waals surface area contributed by atoms with Crippen molar-refractivity contribution in [1.29, 1.82) is 0 Å². The lowest BCUT2D eigenvalue weighted by Gasteiger charge is -2.19. The van der Waals surface area contributed by atoms with Crippen molar-refractivity contribution in [2.45, 2.75) is 12.0 Å². The number of benzene rings is 9. The van der Waals surface area contributed by atoms with Crippen LogP contribution >= 0.6 is 0 Å². The summed E-state index contributed by atoms with van der Waals surface area (Å²) in [4.78, 5) is 0. The van der Waals surface area contributed by atoms with Gasteiger partial charge in [-0.25, -0.2) is 0 Å². The summed E-state index contributed by atoms with van der Waals surface area (Å²) in [5, 5.41) is 9.68. The van der Waals surface area contributed by atoms with Gasteiger partial charge in [0.2, 0.25) is 0 Å². The number of fused-ring (bicyclic) bond motifs is 10. The Kier molecular flexibility index (Phi) is 6.79. The van der Waals surface area contributed by atoms with Gasteiger partial charge in [-0.1, -0.05) is 158 Å². The first kappa shape index (κ1) is 31.2. The molecule has 12 rings (SSSR count). The third-order valence-corrected chi connectivity index (χ3v) is 12.0. The van der Waals surface area contributed by atoms with Crippen LogP contribution in [0.2, 0.25) is 0 Å². The van der Waals surface area contributed by atoms with Gasteiger partial charge in [0.15, 0.2) is 0 Å². The first-order valence-electron chi connectivity index (χ1n) is 19.4. The Bertz CT molecular complexity index is 3250. The van der Waals surface area contributed by atoms with Crippen LogP contribution in [0.4, 0.5) is 0 Å².